The third-order valence-electron chi connectivity index (χ3n) is 11.7. The average molecular weight is 893 g/mol. The van der Waals surface area contributed by atoms with E-state index in [-0.39, 0.29) is 25.2 Å². The van der Waals surface area contributed by atoms with Gasteiger partial charge in [-0.15, -0.1) is 0 Å². The summed E-state index contributed by atoms with van der Waals surface area (Å²) in [7, 11) is 0. The summed E-state index contributed by atoms with van der Waals surface area (Å²) >= 11 is 0. The lowest BCUT2D eigenvalue weighted by Gasteiger charge is -2.18. The molecule has 0 saturated carbocycles. The summed E-state index contributed by atoms with van der Waals surface area (Å²) in [6, 6.07) is 0. The highest BCUT2D eigenvalue weighted by molar-refractivity contribution is 5.70. The van der Waals surface area contributed by atoms with E-state index in [9.17, 15) is 9.59 Å². The summed E-state index contributed by atoms with van der Waals surface area (Å²) in [4.78, 5) is 25.5. The van der Waals surface area contributed by atoms with Gasteiger partial charge in [-0.2, -0.15) is 0 Å². The van der Waals surface area contributed by atoms with Gasteiger partial charge in [0.1, 0.15) is 6.61 Å². The topological polar surface area (TPSA) is 61.8 Å². The van der Waals surface area contributed by atoms with Crippen molar-refractivity contribution in [2.45, 2.75) is 271 Å². The van der Waals surface area contributed by atoms with Crippen molar-refractivity contribution in [3.63, 3.8) is 0 Å². The predicted octanol–water partition coefficient (Wildman–Crippen LogP) is 18.7. The van der Waals surface area contributed by atoms with E-state index in [0.717, 1.165) is 89.9 Å². The van der Waals surface area contributed by atoms with Gasteiger partial charge in [-0.1, -0.05) is 241 Å². The van der Waals surface area contributed by atoms with Gasteiger partial charge in [-0.3, -0.25) is 9.59 Å². The van der Waals surface area contributed by atoms with Gasteiger partial charge in [0, 0.05) is 19.4 Å². The second-order valence-electron chi connectivity index (χ2n) is 18.1. The maximum Gasteiger partial charge on any atom is 0.306 e. The van der Waals surface area contributed by atoms with Crippen molar-refractivity contribution in [1.29, 1.82) is 0 Å². The number of hydrogen-bond donors (Lipinski definition) is 0. The van der Waals surface area contributed by atoms with E-state index >= 15 is 0 Å². The van der Waals surface area contributed by atoms with E-state index in [1.807, 2.05) is 0 Å². The lowest BCUT2D eigenvalue weighted by Crippen LogP contribution is -2.30. The van der Waals surface area contributed by atoms with Crippen LogP contribution in [0.15, 0.2) is 72.9 Å². The van der Waals surface area contributed by atoms with Crippen molar-refractivity contribution in [2.75, 3.05) is 19.8 Å². The fraction of sp³-hybridized carbons (Fsp3) is 0.763. The summed E-state index contributed by atoms with van der Waals surface area (Å²) in [5.41, 5.74) is 0. The Labute approximate surface area is 397 Å². The van der Waals surface area contributed by atoms with E-state index in [1.165, 1.54) is 141 Å². The lowest BCUT2D eigenvalue weighted by atomic mass is 10.0. The molecule has 0 rings (SSSR count). The summed E-state index contributed by atoms with van der Waals surface area (Å²) in [6.45, 7) is 7.61. The van der Waals surface area contributed by atoms with Crippen LogP contribution in [0.1, 0.15) is 265 Å². The molecule has 0 heterocycles. The van der Waals surface area contributed by atoms with Crippen LogP contribution in [0.5, 0.6) is 0 Å². The van der Waals surface area contributed by atoms with Gasteiger partial charge in [0.05, 0.1) is 6.61 Å². The van der Waals surface area contributed by atoms with Crippen molar-refractivity contribution in [2.24, 2.45) is 0 Å². The number of allylic oxidation sites excluding steroid dienone is 12. The van der Waals surface area contributed by atoms with Crippen LogP contribution in [-0.4, -0.2) is 37.9 Å². The zero-order valence-corrected chi connectivity index (χ0v) is 42.5. The van der Waals surface area contributed by atoms with Gasteiger partial charge in [-0.05, 0) is 83.5 Å². The molecule has 0 fully saturated rings. The first-order chi connectivity index (χ1) is 31.6. The first-order valence-corrected chi connectivity index (χ1v) is 27.5. The van der Waals surface area contributed by atoms with Crippen LogP contribution >= 0.6 is 0 Å². The average Bonchev–Trinajstić information content (AvgIpc) is 3.30. The highest BCUT2D eigenvalue weighted by atomic mass is 16.6. The van der Waals surface area contributed by atoms with Crippen LogP contribution in [0.25, 0.3) is 0 Å². The number of carbonyl (C=O) groups is 2. The Morgan fingerprint density at radius 3 is 1.12 bits per heavy atom. The maximum atomic E-state index is 12.8. The molecule has 0 aliphatic heterocycles. The van der Waals surface area contributed by atoms with E-state index in [4.69, 9.17) is 14.2 Å². The normalized spacial score (nSPS) is 12.7. The van der Waals surface area contributed by atoms with Crippen LogP contribution in [0.2, 0.25) is 0 Å². The molecule has 5 nitrogen and oxygen atoms in total. The molecule has 1 unspecified atom stereocenters. The lowest BCUT2D eigenvalue weighted by molar-refractivity contribution is -0.163. The quantitative estimate of drug-likeness (QED) is 0.0346. The number of esters is 2. The molecule has 0 aliphatic carbocycles. The molecule has 0 aromatic heterocycles. The van der Waals surface area contributed by atoms with Gasteiger partial charge in [0.15, 0.2) is 6.10 Å². The van der Waals surface area contributed by atoms with Crippen molar-refractivity contribution in [1.82, 2.24) is 0 Å². The highest BCUT2D eigenvalue weighted by Gasteiger charge is 2.17. The minimum atomic E-state index is -0.544. The third kappa shape index (κ3) is 52.0. The summed E-state index contributed by atoms with van der Waals surface area (Å²) < 4.78 is 17.4. The molecule has 370 valence electrons. The molecule has 0 spiro atoms. The molecule has 0 aromatic carbocycles. The Morgan fingerprint density at radius 2 is 0.703 bits per heavy atom. The molecule has 0 saturated heterocycles. The van der Waals surface area contributed by atoms with E-state index in [0.29, 0.717) is 19.4 Å². The van der Waals surface area contributed by atoms with Crippen LogP contribution in [0, 0.1) is 0 Å². The maximum absolute atomic E-state index is 12.8. The van der Waals surface area contributed by atoms with Gasteiger partial charge < -0.3 is 14.2 Å². The molecular formula is C59H104O5. The van der Waals surface area contributed by atoms with Gasteiger partial charge in [-0.25, -0.2) is 0 Å². The monoisotopic (exact) mass is 893 g/mol. The van der Waals surface area contributed by atoms with Crippen LogP contribution in [0.4, 0.5) is 0 Å². The number of carbonyl (C=O) groups excluding carboxylic acids is 2. The Bertz CT molecular complexity index is 1150. The third-order valence-corrected chi connectivity index (χ3v) is 11.7. The van der Waals surface area contributed by atoms with E-state index in [2.05, 4.69) is 93.7 Å². The number of unbranched alkanes of at least 4 members (excludes halogenated alkanes) is 27. The molecule has 0 bridgehead atoms. The zero-order valence-electron chi connectivity index (χ0n) is 42.5. The van der Waals surface area contributed by atoms with E-state index in [1.54, 1.807) is 0 Å². The van der Waals surface area contributed by atoms with Crippen LogP contribution in [0.3, 0.4) is 0 Å². The van der Waals surface area contributed by atoms with Gasteiger partial charge in [0.2, 0.25) is 0 Å². The molecule has 0 N–H and O–H groups in total. The Kier molecular flexibility index (Phi) is 52.4. The largest absolute Gasteiger partial charge is 0.462 e. The number of rotatable bonds is 50. The Hall–Kier alpha value is -2.66. The number of ether oxygens (including phenoxy) is 3. The number of hydrogen-bond acceptors (Lipinski definition) is 5. The first kappa shape index (κ1) is 61.3. The van der Waals surface area contributed by atoms with Crippen molar-refractivity contribution >= 4 is 11.9 Å². The molecule has 0 aliphatic rings. The Morgan fingerprint density at radius 1 is 0.359 bits per heavy atom. The minimum absolute atomic E-state index is 0.0774. The summed E-state index contributed by atoms with van der Waals surface area (Å²) in [5.74, 6) is -0.404. The predicted molar refractivity (Wildman–Crippen MR) is 279 cm³/mol. The summed E-state index contributed by atoms with van der Waals surface area (Å²) in [6.07, 6.45) is 70.6. The highest BCUT2D eigenvalue weighted by Crippen LogP contribution is 2.15. The van der Waals surface area contributed by atoms with Gasteiger partial charge in [0.25, 0.3) is 0 Å². The summed E-state index contributed by atoms with van der Waals surface area (Å²) in [5, 5.41) is 0. The molecular weight excluding hydrogens is 789 g/mol. The molecule has 1 atom stereocenters. The van der Waals surface area contributed by atoms with Crippen molar-refractivity contribution in [3.05, 3.63) is 72.9 Å². The van der Waals surface area contributed by atoms with E-state index < -0.39 is 6.10 Å². The second-order valence-corrected chi connectivity index (χ2v) is 18.1. The smallest absolute Gasteiger partial charge is 0.306 e. The SMILES string of the molecule is CC/C=C\C/C=C\C/C=C\CCCCCCCCCCOCC(COC(=O)CCCCCCCCC/C=C\C/C=C\C/C=C\CC)OC(=O)CCCCCCCCCCCCCCC. The molecule has 0 amide bonds. The fourth-order valence-corrected chi connectivity index (χ4v) is 7.72. The standard InChI is InChI=1S/C59H104O5/c1-4-7-10-13-16-19-22-25-27-29-31-33-36-39-42-45-48-51-54-62-55-57(64-59(61)53-50-47-44-41-38-34-24-21-18-15-12-9-6-3)56-63-58(60)52-49-46-43-40-37-35-32-30-28-26-23-20-17-14-11-8-5-2/h7-8,10-11,16-17,19-20,25-28,57H,4-6,9,12-15,18,21-24,29-56H2,1-3H3/b10-7-,11-8-,19-16-,20-17-,27-25-,28-26-. The van der Waals surface area contributed by atoms with Crippen LogP contribution < -0.4 is 0 Å². The van der Waals surface area contributed by atoms with Gasteiger partial charge >= 0.3 is 11.9 Å². The fourth-order valence-electron chi connectivity index (χ4n) is 7.72. The molecule has 0 aromatic rings. The first-order valence-electron chi connectivity index (χ1n) is 27.5. The Balaban J connectivity index is 4.27. The molecule has 64 heavy (non-hydrogen) atoms. The van der Waals surface area contributed by atoms with Crippen LogP contribution in [-0.2, 0) is 23.8 Å². The molecule has 0 radical (unpaired) electrons. The van der Waals surface area contributed by atoms with Crippen molar-refractivity contribution in [3.8, 4) is 0 Å². The molecule has 5 heteroatoms. The second kappa shape index (κ2) is 54.7. The zero-order chi connectivity index (χ0) is 46.3. The van der Waals surface area contributed by atoms with Crippen molar-refractivity contribution < 1.29 is 23.8 Å². The minimum Gasteiger partial charge on any atom is -0.462 e.